The Labute approximate surface area is 246 Å². The molecule has 0 heterocycles. The van der Waals surface area contributed by atoms with Crippen molar-refractivity contribution >= 4 is 5.91 Å². The minimum absolute atomic E-state index is 0.0206. The molecule has 5 nitrogen and oxygen atoms in total. The number of carbonyl (C=O) groups is 1. The van der Waals surface area contributed by atoms with Crippen molar-refractivity contribution in [1.29, 1.82) is 0 Å². The molecule has 0 aliphatic rings. The van der Waals surface area contributed by atoms with Gasteiger partial charge in [0.05, 0.1) is 31.3 Å². The largest absolute Gasteiger partial charge is 0.394 e. The number of hydrogen-bond donors (Lipinski definition) is 4. The van der Waals surface area contributed by atoms with Gasteiger partial charge in [0.15, 0.2) is 0 Å². The number of amides is 1. The van der Waals surface area contributed by atoms with Crippen molar-refractivity contribution in [3.8, 4) is 0 Å². The Morgan fingerprint density at radius 2 is 1.07 bits per heavy atom. The molecule has 0 saturated carbocycles. The summed E-state index contributed by atoms with van der Waals surface area (Å²) in [5.41, 5.74) is 0. The number of aliphatic hydroxyl groups is 3. The van der Waals surface area contributed by atoms with Gasteiger partial charge in [-0.3, -0.25) is 4.79 Å². The van der Waals surface area contributed by atoms with Crippen LogP contribution < -0.4 is 5.32 Å². The van der Waals surface area contributed by atoms with Gasteiger partial charge in [0.2, 0.25) is 5.91 Å². The molecule has 0 aromatic rings. The first-order chi connectivity index (χ1) is 19.5. The highest BCUT2D eigenvalue weighted by molar-refractivity contribution is 5.76. The second-order valence-corrected chi connectivity index (χ2v) is 11.0. The van der Waals surface area contributed by atoms with Gasteiger partial charge in [-0.15, -0.1) is 0 Å². The molecule has 0 bridgehead atoms. The van der Waals surface area contributed by atoms with Crippen molar-refractivity contribution in [1.82, 2.24) is 5.32 Å². The van der Waals surface area contributed by atoms with E-state index < -0.39 is 18.2 Å². The fourth-order valence-corrected chi connectivity index (χ4v) is 4.49. The molecule has 3 atom stereocenters. The van der Waals surface area contributed by atoms with Crippen LogP contribution in [0, 0.1) is 0 Å². The molecule has 232 valence electrons. The maximum atomic E-state index is 12.3. The van der Waals surface area contributed by atoms with E-state index in [2.05, 4.69) is 55.6 Å². The van der Waals surface area contributed by atoms with Crippen molar-refractivity contribution in [2.24, 2.45) is 0 Å². The minimum atomic E-state index is -0.964. The van der Waals surface area contributed by atoms with Crippen LogP contribution in [0.2, 0.25) is 0 Å². The van der Waals surface area contributed by atoms with Crippen LogP contribution in [0.25, 0.3) is 0 Å². The molecule has 1 amide bonds. The molecule has 0 saturated heterocycles. The Hall–Kier alpha value is -1.69. The Kier molecular flexibility index (Phi) is 29.0. The van der Waals surface area contributed by atoms with Crippen LogP contribution in [0.15, 0.2) is 48.6 Å². The molecule has 0 aliphatic heterocycles. The fraction of sp³-hybridized carbons (Fsp3) is 0.743. The average Bonchev–Trinajstić information content (AvgIpc) is 2.94. The summed E-state index contributed by atoms with van der Waals surface area (Å²) in [7, 11) is 0. The van der Waals surface area contributed by atoms with Gasteiger partial charge >= 0.3 is 0 Å². The van der Waals surface area contributed by atoms with Crippen molar-refractivity contribution in [3.05, 3.63) is 48.6 Å². The molecule has 0 radical (unpaired) electrons. The predicted octanol–water partition coefficient (Wildman–Crippen LogP) is 8.25. The van der Waals surface area contributed by atoms with Gasteiger partial charge in [-0.1, -0.05) is 114 Å². The highest BCUT2D eigenvalue weighted by atomic mass is 16.3. The Morgan fingerprint density at radius 3 is 1.62 bits per heavy atom. The third-order valence-electron chi connectivity index (χ3n) is 7.07. The summed E-state index contributed by atoms with van der Waals surface area (Å²) in [6, 6.07) is -0.773. The molecule has 0 rings (SSSR count). The number of rotatable bonds is 28. The van der Waals surface area contributed by atoms with Gasteiger partial charge in [0, 0.05) is 0 Å². The summed E-state index contributed by atoms with van der Waals surface area (Å²) in [4.78, 5) is 12.3. The lowest BCUT2D eigenvalue weighted by Crippen LogP contribution is -2.45. The molecule has 40 heavy (non-hydrogen) atoms. The first-order valence-electron chi connectivity index (χ1n) is 16.4. The molecule has 0 aromatic heterocycles. The van der Waals surface area contributed by atoms with Crippen LogP contribution in [0.4, 0.5) is 0 Å². The lowest BCUT2D eigenvalue weighted by atomic mass is 10.1. The van der Waals surface area contributed by atoms with Crippen LogP contribution in [-0.4, -0.2) is 46.1 Å². The third-order valence-corrected chi connectivity index (χ3v) is 7.07. The summed E-state index contributed by atoms with van der Waals surface area (Å²) < 4.78 is 0. The van der Waals surface area contributed by atoms with Crippen LogP contribution >= 0.6 is 0 Å². The Morgan fingerprint density at radius 1 is 0.625 bits per heavy atom. The standard InChI is InChI=1S/C35H63NO4/c1-3-5-7-9-11-13-15-16-17-19-21-23-25-27-29-34(39)33(31-37)36-35(40)30-32(38)28-26-24-22-20-18-14-12-10-8-6-4-2/h13,15,19-22,27,29,32-34,37-39H,3-12,14,16-18,23-26,28,30-31H2,1-2H3,(H,36,40)/b15-13+,21-19+,22-20-,29-27+. The van der Waals surface area contributed by atoms with E-state index in [1.165, 1.54) is 70.6 Å². The summed E-state index contributed by atoms with van der Waals surface area (Å²) in [5, 5.41) is 32.8. The van der Waals surface area contributed by atoms with Crippen LogP contribution in [0.1, 0.15) is 142 Å². The van der Waals surface area contributed by atoms with E-state index in [9.17, 15) is 20.1 Å². The lowest BCUT2D eigenvalue weighted by molar-refractivity contribution is -0.124. The number of unbranched alkanes of at least 4 members (excludes halogenated alkanes) is 13. The normalized spacial score (nSPS) is 14.6. The quantitative estimate of drug-likeness (QED) is 0.0572. The molecule has 0 spiro atoms. The highest BCUT2D eigenvalue weighted by Gasteiger charge is 2.19. The molecular weight excluding hydrogens is 498 g/mol. The maximum Gasteiger partial charge on any atom is 0.222 e. The molecular formula is C35H63NO4. The highest BCUT2D eigenvalue weighted by Crippen LogP contribution is 2.10. The number of aliphatic hydroxyl groups excluding tert-OH is 3. The third kappa shape index (κ3) is 26.5. The van der Waals surface area contributed by atoms with Crippen LogP contribution in [-0.2, 0) is 4.79 Å². The van der Waals surface area contributed by atoms with Gasteiger partial charge < -0.3 is 20.6 Å². The molecule has 0 aromatic carbocycles. The van der Waals surface area contributed by atoms with E-state index in [0.717, 1.165) is 44.9 Å². The summed E-state index contributed by atoms with van der Waals surface area (Å²) in [6.07, 6.45) is 36.6. The number of allylic oxidation sites excluding steroid dienone is 7. The monoisotopic (exact) mass is 561 g/mol. The summed E-state index contributed by atoms with van der Waals surface area (Å²) in [5.74, 6) is -0.351. The minimum Gasteiger partial charge on any atom is -0.394 e. The van der Waals surface area contributed by atoms with Crippen molar-refractivity contribution in [3.63, 3.8) is 0 Å². The molecule has 4 N–H and O–H groups in total. The van der Waals surface area contributed by atoms with E-state index >= 15 is 0 Å². The predicted molar refractivity (Wildman–Crippen MR) is 171 cm³/mol. The maximum absolute atomic E-state index is 12.3. The summed E-state index contributed by atoms with van der Waals surface area (Å²) in [6.45, 7) is 4.11. The number of nitrogens with one attached hydrogen (secondary N) is 1. The van der Waals surface area contributed by atoms with E-state index in [-0.39, 0.29) is 18.9 Å². The van der Waals surface area contributed by atoms with Crippen molar-refractivity contribution in [2.75, 3.05) is 6.61 Å². The Bertz CT molecular complexity index is 670. The summed E-state index contributed by atoms with van der Waals surface area (Å²) >= 11 is 0. The van der Waals surface area contributed by atoms with Gasteiger partial charge in [0.25, 0.3) is 0 Å². The first-order valence-corrected chi connectivity index (χ1v) is 16.4. The molecule has 0 aliphatic carbocycles. The molecule has 0 fully saturated rings. The van der Waals surface area contributed by atoms with Crippen LogP contribution in [0.3, 0.4) is 0 Å². The van der Waals surface area contributed by atoms with Gasteiger partial charge in [-0.25, -0.2) is 0 Å². The second kappa shape index (κ2) is 30.3. The number of hydrogen-bond acceptors (Lipinski definition) is 4. The van der Waals surface area contributed by atoms with Crippen molar-refractivity contribution < 1.29 is 20.1 Å². The van der Waals surface area contributed by atoms with Crippen LogP contribution in [0.5, 0.6) is 0 Å². The lowest BCUT2D eigenvalue weighted by Gasteiger charge is -2.20. The SMILES string of the molecule is CCCCCC/C=C/CC/C=C/CC/C=C/C(O)C(CO)NC(=O)CC(O)CCC/C=C\CCCCCCCC. The van der Waals surface area contributed by atoms with Gasteiger partial charge in [-0.2, -0.15) is 0 Å². The molecule has 5 heteroatoms. The van der Waals surface area contributed by atoms with E-state index in [0.29, 0.717) is 6.42 Å². The second-order valence-electron chi connectivity index (χ2n) is 11.0. The van der Waals surface area contributed by atoms with Gasteiger partial charge in [0.1, 0.15) is 0 Å². The molecule has 3 unspecified atom stereocenters. The fourth-order valence-electron chi connectivity index (χ4n) is 4.49. The smallest absolute Gasteiger partial charge is 0.222 e. The Balaban J connectivity index is 3.93. The van der Waals surface area contributed by atoms with E-state index in [1.807, 2.05) is 6.08 Å². The topological polar surface area (TPSA) is 89.8 Å². The van der Waals surface area contributed by atoms with Crippen molar-refractivity contribution in [2.45, 2.75) is 161 Å². The zero-order chi connectivity index (χ0) is 29.5. The zero-order valence-electron chi connectivity index (χ0n) is 25.9. The van der Waals surface area contributed by atoms with E-state index in [1.54, 1.807) is 6.08 Å². The van der Waals surface area contributed by atoms with E-state index in [4.69, 9.17) is 0 Å². The average molecular weight is 562 g/mol. The first kappa shape index (κ1) is 38.3. The van der Waals surface area contributed by atoms with Gasteiger partial charge in [-0.05, 0) is 70.6 Å². The zero-order valence-corrected chi connectivity index (χ0v) is 25.9. The number of carbonyl (C=O) groups excluding carboxylic acids is 1.